The highest BCUT2D eigenvalue weighted by atomic mass is 16.2. The number of amides is 1. The molecule has 2 aliphatic rings. The maximum Gasteiger partial charge on any atom is 0.384 e. The molecule has 2 N–H and O–H groups in total. The van der Waals surface area contributed by atoms with Crippen LogP contribution in [0.25, 0.3) is 22.0 Å². The molecule has 0 fully saturated rings. The van der Waals surface area contributed by atoms with Gasteiger partial charge in [0.05, 0.1) is 5.52 Å². The maximum atomic E-state index is 13.6. The van der Waals surface area contributed by atoms with E-state index >= 15 is 0 Å². The highest BCUT2D eigenvalue weighted by Gasteiger charge is 2.46. The van der Waals surface area contributed by atoms with E-state index in [1.54, 1.807) is 27.9 Å². The number of hydrazone groups is 1. The number of carbonyl (C=O) groups is 2. The number of nitrogens with one attached hydrogen (secondary N) is 2. The molecule has 1 amide bonds. The molecule has 6 rings (SSSR count). The van der Waals surface area contributed by atoms with Crippen LogP contribution in [-0.4, -0.2) is 39.8 Å². The lowest BCUT2D eigenvalue weighted by atomic mass is 9.83. The summed E-state index contributed by atoms with van der Waals surface area (Å²) in [6.07, 6.45) is 0. The fourth-order valence-corrected chi connectivity index (χ4v) is 4.81. The van der Waals surface area contributed by atoms with E-state index in [4.69, 9.17) is 0 Å². The van der Waals surface area contributed by atoms with Crippen LogP contribution in [0, 0.1) is 0 Å². The number of hydrogen-bond acceptors (Lipinski definition) is 3. The monoisotopic (exact) mass is 448 g/mol. The molecule has 1 aromatic heterocycles. The Hall–Kier alpha value is -4.65. The number of carbonyl (C=O) groups excluding carboxylic acids is 2. The lowest BCUT2D eigenvalue weighted by Gasteiger charge is -2.19. The van der Waals surface area contributed by atoms with Gasteiger partial charge in [0.2, 0.25) is 17.0 Å². The second-order valence-electron chi connectivity index (χ2n) is 8.39. The fraction of sp³-hybridized carbons (Fsp3) is 0.0741. The Bertz CT molecular complexity index is 1680. The van der Waals surface area contributed by atoms with Gasteiger partial charge < -0.3 is 4.98 Å². The van der Waals surface area contributed by atoms with Crippen LogP contribution in [0.3, 0.4) is 0 Å². The summed E-state index contributed by atoms with van der Waals surface area (Å²) < 4.78 is 1.78. The number of aromatic amines is 1. The molecule has 0 spiro atoms. The van der Waals surface area contributed by atoms with Crippen molar-refractivity contribution < 1.29 is 19.3 Å². The van der Waals surface area contributed by atoms with Crippen LogP contribution >= 0.6 is 0 Å². The number of hydrazine groups is 1. The molecule has 0 unspecified atom stereocenters. The van der Waals surface area contributed by atoms with Crippen molar-refractivity contribution in [2.75, 3.05) is 12.1 Å². The first-order valence-corrected chi connectivity index (χ1v) is 10.9. The van der Waals surface area contributed by atoms with E-state index in [-0.39, 0.29) is 17.2 Å². The summed E-state index contributed by atoms with van der Waals surface area (Å²) in [6, 6.07) is 21.7. The van der Waals surface area contributed by atoms with Crippen LogP contribution in [0.4, 0.5) is 11.4 Å². The number of benzene rings is 3. The van der Waals surface area contributed by atoms with Crippen LogP contribution in [0.5, 0.6) is 0 Å². The number of rotatable bonds is 2. The normalized spacial score (nSPS) is 16.1. The molecule has 34 heavy (non-hydrogen) atoms. The number of H-pyrrole nitrogens is 1. The summed E-state index contributed by atoms with van der Waals surface area (Å²) in [5.74, 6) is -0.371. The number of pyridine rings is 1. The lowest BCUT2D eigenvalue weighted by molar-refractivity contribution is -0.495. The zero-order chi connectivity index (χ0) is 23.6. The van der Waals surface area contributed by atoms with Crippen LogP contribution in [-0.2, 0) is 4.79 Å². The molecule has 0 atom stereocenters. The topological polar surface area (TPSA) is 87.2 Å². The van der Waals surface area contributed by atoms with Gasteiger partial charge in [-0.3, -0.25) is 14.4 Å². The van der Waals surface area contributed by atoms with Gasteiger partial charge in [0, 0.05) is 30.0 Å². The molecule has 0 bridgehead atoms. The van der Waals surface area contributed by atoms with E-state index in [9.17, 15) is 14.4 Å². The summed E-state index contributed by atoms with van der Waals surface area (Å²) >= 11 is 0. The van der Waals surface area contributed by atoms with Crippen molar-refractivity contribution in [1.29, 1.82) is 0 Å². The Labute approximate surface area is 194 Å². The van der Waals surface area contributed by atoms with Crippen LogP contribution in [0.2, 0.25) is 0 Å². The smallest absolute Gasteiger partial charge is 0.322 e. The van der Waals surface area contributed by atoms with Crippen molar-refractivity contribution >= 4 is 45.4 Å². The van der Waals surface area contributed by atoms with E-state index in [1.165, 1.54) is 6.07 Å². The minimum atomic E-state index is -0.233. The highest BCUT2D eigenvalue weighted by molar-refractivity contribution is 6.67. The van der Waals surface area contributed by atoms with E-state index < -0.39 is 0 Å². The molecule has 0 saturated carbocycles. The summed E-state index contributed by atoms with van der Waals surface area (Å²) in [5, 5.41) is 2.26. The molecular formula is C27H20N4O3+2. The summed E-state index contributed by atoms with van der Waals surface area (Å²) in [4.78, 5) is 45.5. The Kier molecular flexibility index (Phi) is 4.22. The Morgan fingerprint density at radius 1 is 0.853 bits per heavy atom. The van der Waals surface area contributed by atoms with Crippen molar-refractivity contribution in [3.63, 3.8) is 0 Å². The molecule has 1 aliphatic carbocycles. The van der Waals surface area contributed by atoms with Crippen LogP contribution < -0.4 is 15.6 Å². The zero-order valence-corrected chi connectivity index (χ0v) is 18.5. The van der Waals surface area contributed by atoms with E-state index in [0.717, 1.165) is 17.0 Å². The summed E-state index contributed by atoms with van der Waals surface area (Å²) in [6.45, 7) is 1.86. The molecule has 1 aliphatic heterocycles. The van der Waals surface area contributed by atoms with Crippen LogP contribution in [0.15, 0.2) is 77.6 Å². The maximum absolute atomic E-state index is 13.6. The zero-order valence-electron chi connectivity index (χ0n) is 18.5. The first kappa shape index (κ1) is 20.0. The minimum absolute atomic E-state index is 0.153. The predicted octanol–water partition coefficient (Wildman–Crippen LogP) is 1.96. The van der Waals surface area contributed by atoms with Crippen molar-refractivity contribution in [2.24, 2.45) is 0 Å². The van der Waals surface area contributed by atoms with Gasteiger partial charge in [0.15, 0.2) is 7.05 Å². The molecule has 3 aromatic carbocycles. The first-order chi connectivity index (χ1) is 16.5. The standard InChI is InChI=1S/C27H18N4O3/c1-15-25(27(34)31(30(15)2)16-8-4-3-5-9-16)29-21-13-12-20-23-19(14-22(32)28-20)17-10-6-7-11-18(17)26(33)24(21)23/h3-14H,1-2H3/p+2. The number of nitrogens with zero attached hydrogens (tertiary/aromatic N) is 2. The number of para-hydroxylation sites is 1. The second-order valence-corrected chi connectivity index (χ2v) is 8.39. The van der Waals surface area contributed by atoms with Gasteiger partial charge >= 0.3 is 11.6 Å². The molecule has 0 saturated heterocycles. The van der Waals surface area contributed by atoms with Gasteiger partial charge in [-0.15, -0.1) is 0 Å². The SMILES string of the molecule is CC1=[N+](C)N(c2ccccc2)C(=O)C1=[NH+]c1ccc2[nH]c(=O)cc3c2c1C(=O)c1ccccc1-3. The summed E-state index contributed by atoms with van der Waals surface area (Å²) in [5.41, 5.74) is 5.14. The van der Waals surface area contributed by atoms with Gasteiger partial charge in [-0.25, -0.2) is 0 Å². The molecule has 0 radical (unpaired) electrons. The van der Waals surface area contributed by atoms with Crippen molar-refractivity contribution in [3.8, 4) is 11.1 Å². The van der Waals surface area contributed by atoms with Crippen LogP contribution in [0.1, 0.15) is 22.8 Å². The van der Waals surface area contributed by atoms with Gasteiger partial charge in [0.1, 0.15) is 11.3 Å². The third kappa shape index (κ3) is 2.73. The van der Waals surface area contributed by atoms with Gasteiger partial charge in [0.25, 0.3) is 5.71 Å². The summed E-state index contributed by atoms with van der Waals surface area (Å²) in [7, 11) is 1.82. The number of fused-ring (bicyclic) bond motifs is 2. The van der Waals surface area contributed by atoms with E-state index in [0.29, 0.717) is 39.0 Å². The molecule has 164 valence electrons. The Balaban J connectivity index is 1.59. The number of ketones is 1. The third-order valence-electron chi connectivity index (χ3n) is 6.51. The number of anilines is 1. The Morgan fingerprint density at radius 2 is 1.56 bits per heavy atom. The van der Waals surface area contributed by atoms with Crippen molar-refractivity contribution in [2.45, 2.75) is 6.92 Å². The van der Waals surface area contributed by atoms with Gasteiger partial charge in [-0.05, 0) is 29.3 Å². The third-order valence-corrected chi connectivity index (χ3v) is 6.51. The number of hydrogen-bond donors (Lipinski definition) is 2. The van der Waals surface area contributed by atoms with E-state index in [2.05, 4.69) is 9.98 Å². The first-order valence-electron chi connectivity index (χ1n) is 10.9. The second kappa shape index (κ2) is 7.18. The molecular weight excluding hydrogens is 428 g/mol. The largest absolute Gasteiger partial charge is 0.384 e. The fourth-order valence-electron chi connectivity index (χ4n) is 4.81. The van der Waals surface area contributed by atoms with Crippen molar-refractivity contribution in [1.82, 2.24) is 4.98 Å². The lowest BCUT2D eigenvalue weighted by Crippen LogP contribution is -2.71. The quantitative estimate of drug-likeness (QED) is 0.405. The Morgan fingerprint density at radius 3 is 2.32 bits per heavy atom. The molecule has 7 nitrogen and oxygen atoms in total. The van der Waals surface area contributed by atoms with Gasteiger partial charge in [-0.2, -0.15) is 4.99 Å². The highest BCUT2D eigenvalue weighted by Crippen LogP contribution is 2.39. The van der Waals surface area contributed by atoms with Gasteiger partial charge in [-0.1, -0.05) is 52.2 Å². The minimum Gasteiger partial charge on any atom is -0.322 e. The number of aromatic nitrogens is 1. The average Bonchev–Trinajstić information content (AvgIpc) is 3.06. The molecule has 2 heterocycles. The molecule has 4 aromatic rings. The average molecular weight is 448 g/mol. The van der Waals surface area contributed by atoms with Crippen molar-refractivity contribution in [3.05, 3.63) is 94.3 Å². The van der Waals surface area contributed by atoms with E-state index in [1.807, 2.05) is 62.5 Å². The predicted molar refractivity (Wildman–Crippen MR) is 130 cm³/mol. The molecule has 7 heteroatoms.